The van der Waals surface area contributed by atoms with Crippen molar-refractivity contribution in [3.05, 3.63) is 101 Å². The lowest BCUT2D eigenvalue weighted by Gasteiger charge is -1.97. The number of hydrogen-bond donors (Lipinski definition) is 0. The quantitative estimate of drug-likeness (QED) is 0.508. The highest BCUT2D eigenvalue weighted by molar-refractivity contribution is 6.30. The smallest absolute Gasteiger partial charge is 0.0659 e. The average Bonchev–Trinajstić information content (AvgIpc) is 2.56. The van der Waals surface area contributed by atoms with Gasteiger partial charge < -0.3 is 0 Å². The minimum Gasteiger partial charge on any atom is -0.256 e. The number of rotatable bonds is 2. The Bertz CT molecular complexity index is 706. The van der Waals surface area contributed by atoms with Crippen molar-refractivity contribution in [1.82, 2.24) is 0 Å². The zero-order chi connectivity index (χ0) is 15.6. The number of halogens is 1. The van der Waals surface area contributed by atoms with Gasteiger partial charge in [-0.2, -0.15) is 0 Å². The van der Waals surface area contributed by atoms with Crippen LogP contribution in [-0.4, -0.2) is 6.21 Å². The van der Waals surface area contributed by atoms with Crippen LogP contribution in [0.3, 0.4) is 0 Å². The van der Waals surface area contributed by atoms with E-state index in [1.807, 2.05) is 85.1 Å². The lowest BCUT2D eigenvalue weighted by Crippen LogP contribution is -1.79. The van der Waals surface area contributed by atoms with E-state index in [-0.39, 0.29) is 0 Å². The largest absolute Gasteiger partial charge is 0.256 e. The van der Waals surface area contributed by atoms with Crippen LogP contribution >= 0.6 is 11.6 Å². The van der Waals surface area contributed by atoms with Gasteiger partial charge in [-0.25, -0.2) is 0 Å². The maximum atomic E-state index is 5.54. The molecule has 110 valence electrons. The minimum absolute atomic E-state index is 0.794. The molecule has 3 aromatic carbocycles. The number of para-hydroxylation sites is 1. The summed E-state index contributed by atoms with van der Waals surface area (Å²) in [7, 11) is 0. The Balaban J connectivity index is 0.000000211. The molecule has 0 heterocycles. The molecule has 0 saturated heterocycles. The van der Waals surface area contributed by atoms with E-state index in [0.717, 1.165) is 16.3 Å². The van der Waals surface area contributed by atoms with E-state index in [1.54, 1.807) is 0 Å². The summed E-state index contributed by atoms with van der Waals surface area (Å²) in [6.07, 6.45) is 1.89. The van der Waals surface area contributed by atoms with Crippen LogP contribution in [0.5, 0.6) is 0 Å². The maximum Gasteiger partial charge on any atom is 0.0659 e. The van der Waals surface area contributed by atoms with Gasteiger partial charge in [0.05, 0.1) is 5.69 Å². The summed E-state index contributed by atoms with van der Waals surface area (Å²) in [6, 6.07) is 27.7. The summed E-state index contributed by atoms with van der Waals surface area (Å²) in [6.45, 7) is 2.07. The molecule has 0 bridgehead atoms. The Hall–Kier alpha value is -2.38. The molecule has 0 N–H and O–H groups in total. The highest BCUT2D eigenvalue weighted by Gasteiger charge is 1.91. The third-order valence-electron chi connectivity index (χ3n) is 3.00. The first-order valence-electron chi connectivity index (χ1n) is 7.11. The van der Waals surface area contributed by atoms with E-state index < -0.39 is 0 Å². The van der Waals surface area contributed by atoms with E-state index in [0.29, 0.717) is 0 Å². The molecule has 3 aromatic rings. The van der Waals surface area contributed by atoms with Crippen molar-refractivity contribution in [1.29, 1.82) is 0 Å². The van der Waals surface area contributed by atoms with Gasteiger partial charge in [0.25, 0.3) is 0 Å². The van der Waals surface area contributed by atoms with Gasteiger partial charge in [0.1, 0.15) is 0 Å². The zero-order valence-electron chi connectivity index (χ0n) is 12.5. The van der Waals surface area contributed by atoms with Crippen molar-refractivity contribution < 1.29 is 0 Å². The van der Waals surface area contributed by atoms with Crippen molar-refractivity contribution in [2.45, 2.75) is 6.92 Å². The first-order valence-corrected chi connectivity index (χ1v) is 7.49. The van der Waals surface area contributed by atoms with Crippen LogP contribution in [0.25, 0.3) is 0 Å². The fourth-order valence-corrected chi connectivity index (χ4v) is 1.95. The Morgan fingerprint density at radius 2 is 1.27 bits per heavy atom. The molecule has 0 aliphatic heterocycles. The SMILES string of the molecule is Cc1ccccc1N=Cc1ccccc1.Clc1ccccc1. The molecule has 0 aliphatic carbocycles. The Labute approximate surface area is 136 Å². The van der Waals surface area contributed by atoms with Gasteiger partial charge in [0.2, 0.25) is 0 Å². The predicted molar refractivity (Wildman–Crippen MR) is 96.3 cm³/mol. The topological polar surface area (TPSA) is 12.4 Å². The minimum atomic E-state index is 0.794. The molecule has 1 nitrogen and oxygen atoms in total. The molecule has 0 spiro atoms. The Morgan fingerprint density at radius 3 is 1.82 bits per heavy atom. The molecule has 0 unspecified atom stereocenters. The second kappa shape index (κ2) is 8.81. The highest BCUT2D eigenvalue weighted by Crippen LogP contribution is 2.16. The van der Waals surface area contributed by atoms with Crippen LogP contribution in [0.15, 0.2) is 89.9 Å². The molecular formula is C20H18ClN. The Kier molecular flexibility index (Phi) is 6.40. The number of hydrogen-bond acceptors (Lipinski definition) is 1. The van der Waals surface area contributed by atoms with Crippen LogP contribution in [0, 0.1) is 6.92 Å². The van der Waals surface area contributed by atoms with Gasteiger partial charge >= 0.3 is 0 Å². The van der Waals surface area contributed by atoms with Gasteiger partial charge in [-0.15, -0.1) is 0 Å². The summed E-state index contributed by atoms with van der Waals surface area (Å²) in [5, 5.41) is 0.794. The van der Waals surface area contributed by atoms with Crippen LogP contribution in [0.4, 0.5) is 5.69 Å². The standard InChI is InChI=1S/C14H13N.C6H5Cl/c1-12-7-5-6-10-14(12)15-11-13-8-3-2-4-9-13;7-6-4-2-1-3-5-6/h2-11H,1H3;1-5H. The molecule has 0 fully saturated rings. The maximum absolute atomic E-state index is 5.54. The van der Waals surface area contributed by atoms with E-state index in [1.165, 1.54) is 5.56 Å². The number of nitrogens with zero attached hydrogens (tertiary/aromatic N) is 1. The lowest BCUT2D eigenvalue weighted by atomic mass is 10.2. The fourth-order valence-electron chi connectivity index (χ4n) is 1.81. The van der Waals surface area contributed by atoms with E-state index in [9.17, 15) is 0 Å². The predicted octanol–water partition coefficient (Wildman–Crippen LogP) is 6.09. The average molecular weight is 308 g/mol. The van der Waals surface area contributed by atoms with E-state index in [2.05, 4.69) is 18.0 Å². The van der Waals surface area contributed by atoms with Gasteiger partial charge in [-0.3, -0.25) is 4.99 Å². The molecular weight excluding hydrogens is 290 g/mol. The molecule has 0 radical (unpaired) electrons. The van der Waals surface area contributed by atoms with Gasteiger partial charge in [0.15, 0.2) is 0 Å². The Morgan fingerprint density at radius 1 is 0.727 bits per heavy atom. The molecule has 0 saturated carbocycles. The van der Waals surface area contributed by atoms with Gasteiger partial charge in [-0.1, -0.05) is 78.3 Å². The molecule has 22 heavy (non-hydrogen) atoms. The first-order chi connectivity index (χ1) is 10.8. The van der Waals surface area contributed by atoms with Crippen molar-refractivity contribution in [2.75, 3.05) is 0 Å². The summed E-state index contributed by atoms with van der Waals surface area (Å²) in [5.41, 5.74) is 3.35. The van der Waals surface area contributed by atoms with E-state index >= 15 is 0 Å². The third-order valence-corrected chi connectivity index (χ3v) is 3.25. The third kappa shape index (κ3) is 5.55. The number of aryl methyl sites for hydroxylation is 1. The summed E-state index contributed by atoms with van der Waals surface area (Å²) in [4.78, 5) is 4.45. The normalized spacial score (nSPS) is 10.1. The summed E-state index contributed by atoms with van der Waals surface area (Å²) < 4.78 is 0. The van der Waals surface area contributed by atoms with Crippen LogP contribution in [0.1, 0.15) is 11.1 Å². The zero-order valence-corrected chi connectivity index (χ0v) is 13.2. The van der Waals surface area contributed by atoms with Crippen molar-refractivity contribution >= 4 is 23.5 Å². The van der Waals surface area contributed by atoms with Crippen LogP contribution in [-0.2, 0) is 0 Å². The summed E-state index contributed by atoms with van der Waals surface area (Å²) in [5.74, 6) is 0. The van der Waals surface area contributed by atoms with E-state index in [4.69, 9.17) is 11.6 Å². The molecule has 0 aromatic heterocycles. The van der Waals surface area contributed by atoms with Crippen molar-refractivity contribution in [3.63, 3.8) is 0 Å². The first kappa shape index (κ1) is 16.0. The lowest BCUT2D eigenvalue weighted by molar-refractivity contribution is 1.40. The van der Waals surface area contributed by atoms with Gasteiger partial charge in [-0.05, 0) is 36.2 Å². The molecule has 0 aliphatic rings. The molecule has 0 amide bonds. The summed E-state index contributed by atoms with van der Waals surface area (Å²) >= 11 is 5.54. The monoisotopic (exact) mass is 307 g/mol. The molecule has 2 heteroatoms. The second-order valence-corrected chi connectivity index (χ2v) is 5.19. The molecule has 0 atom stereocenters. The van der Waals surface area contributed by atoms with Crippen LogP contribution in [0.2, 0.25) is 5.02 Å². The molecule has 3 rings (SSSR count). The highest BCUT2D eigenvalue weighted by atomic mass is 35.5. The van der Waals surface area contributed by atoms with Crippen molar-refractivity contribution in [3.8, 4) is 0 Å². The van der Waals surface area contributed by atoms with Gasteiger partial charge in [0, 0.05) is 11.2 Å². The fraction of sp³-hybridized carbons (Fsp3) is 0.0500. The number of benzene rings is 3. The van der Waals surface area contributed by atoms with Crippen molar-refractivity contribution in [2.24, 2.45) is 4.99 Å². The van der Waals surface area contributed by atoms with Crippen LogP contribution < -0.4 is 0 Å². The second-order valence-electron chi connectivity index (χ2n) is 4.75. The number of aliphatic imine (C=N–C) groups is 1.